The van der Waals surface area contributed by atoms with E-state index in [0.717, 1.165) is 44.0 Å². The molecule has 1 aliphatic carbocycles. The number of carbonyl (C=O) groups is 1. The minimum atomic E-state index is -6.00. The third-order valence-corrected chi connectivity index (χ3v) is 7.45. The first-order valence-electron chi connectivity index (χ1n) is 11.8. The molecule has 2 aliphatic rings. The molecule has 0 atom stereocenters. The molecule has 1 aliphatic heterocycles. The summed E-state index contributed by atoms with van der Waals surface area (Å²) in [4.78, 5) is 26.8. The van der Waals surface area contributed by atoms with Crippen molar-refractivity contribution in [3.63, 3.8) is 0 Å². The van der Waals surface area contributed by atoms with Gasteiger partial charge in [-0.3, -0.25) is 4.79 Å². The fraction of sp³-hybridized carbons (Fsp3) is 0.348. The summed E-state index contributed by atoms with van der Waals surface area (Å²) >= 11 is 0. The molecule has 1 N–H and O–H groups in total. The van der Waals surface area contributed by atoms with E-state index in [1.54, 1.807) is 23.9 Å². The molecule has 4 aromatic heterocycles. The number of carbonyl (C=O) groups excluding carboxylic acids is 1. The lowest BCUT2D eigenvalue weighted by atomic mass is 10.1. The summed E-state index contributed by atoms with van der Waals surface area (Å²) in [6.45, 7) is 1.45. The summed E-state index contributed by atoms with van der Waals surface area (Å²) < 4.78 is 73.5. The number of pyridine rings is 3. The first-order valence-corrected chi connectivity index (χ1v) is 13.2. The van der Waals surface area contributed by atoms with Gasteiger partial charge < -0.3 is 19.1 Å². The third-order valence-electron chi connectivity index (χ3n) is 6.51. The second-order valence-corrected chi connectivity index (χ2v) is 10.8. The van der Waals surface area contributed by atoms with E-state index in [1.165, 1.54) is 6.07 Å². The maximum atomic E-state index is 13.0. The van der Waals surface area contributed by atoms with Crippen molar-refractivity contribution >= 4 is 44.0 Å². The summed E-state index contributed by atoms with van der Waals surface area (Å²) in [5.41, 5.74) is -4.02. The zero-order valence-electron chi connectivity index (χ0n) is 20.2. The van der Waals surface area contributed by atoms with Crippen LogP contribution >= 0.6 is 0 Å². The molecule has 0 bridgehead atoms. The topological polar surface area (TPSA) is 141 Å². The number of ether oxygens (including phenoxy) is 1. The van der Waals surface area contributed by atoms with Gasteiger partial charge in [-0.05, 0) is 31.0 Å². The number of rotatable bonds is 7. The van der Waals surface area contributed by atoms with Crippen LogP contribution in [0.2, 0.25) is 0 Å². The van der Waals surface area contributed by atoms with Crippen molar-refractivity contribution in [3.8, 4) is 17.3 Å². The number of methoxy groups -OCH3 is 1. The second-order valence-electron chi connectivity index (χ2n) is 9.23. The lowest BCUT2D eigenvalue weighted by molar-refractivity contribution is -0.117. The lowest BCUT2D eigenvalue weighted by Crippen LogP contribution is -2.51. The van der Waals surface area contributed by atoms with Gasteiger partial charge in [-0.1, -0.05) is 0 Å². The van der Waals surface area contributed by atoms with Crippen LogP contribution in [-0.2, 0) is 19.6 Å². The molecule has 204 valence electrons. The summed E-state index contributed by atoms with van der Waals surface area (Å²) in [7, 11) is -4.34. The molecule has 0 radical (unpaired) electrons. The van der Waals surface area contributed by atoms with E-state index in [-0.39, 0.29) is 45.9 Å². The van der Waals surface area contributed by atoms with Crippen LogP contribution in [0.25, 0.3) is 27.8 Å². The fourth-order valence-corrected chi connectivity index (χ4v) is 4.56. The molecule has 39 heavy (non-hydrogen) atoms. The van der Waals surface area contributed by atoms with Gasteiger partial charge in [-0.25, -0.2) is 19.5 Å². The van der Waals surface area contributed by atoms with Gasteiger partial charge in [-0.15, -0.1) is 5.10 Å². The van der Waals surface area contributed by atoms with Crippen molar-refractivity contribution in [2.24, 2.45) is 5.92 Å². The number of amides is 1. The first kappa shape index (κ1) is 25.2. The van der Waals surface area contributed by atoms with Crippen LogP contribution in [-0.4, -0.2) is 70.7 Å². The number of halogens is 3. The van der Waals surface area contributed by atoms with Crippen molar-refractivity contribution < 1.29 is 35.3 Å². The zero-order valence-corrected chi connectivity index (χ0v) is 21.0. The summed E-state index contributed by atoms with van der Waals surface area (Å²) in [5, 5.41) is 7.21. The maximum Gasteiger partial charge on any atom is 0.534 e. The van der Waals surface area contributed by atoms with Gasteiger partial charge in [0.2, 0.25) is 11.8 Å². The molecular formula is C23H20F3N7O5S. The summed E-state index contributed by atoms with van der Waals surface area (Å²) in [5.74, 6) is -0.911. The number of hydrogen-bond acceptors (Lipinski definition) is 10. The van der Waals surface area contributed by atoms with Gasteiger partial charge in [0.15, 0.2) is 11.5 Å². The van der Waals surface area contributed by atoms with Crippen LogP contribution < -0.4 is 14.4 Å². The van der Waals surface area contributed by atoms with Crippen LogP contribution in [0.15, 0.2) is 36.8 Å². The lowest BCUT2D eigenvalue weighted by Gasteiger charge is -2.39. The minimum Gasteiger partial charge on any atom is -0.378 e. The molecule has 0 spiro atoms. The largest absolute Gasteiger partial charge is 0.534 e. The van der Waals surface area contributed by atoms with E-state index >= 15 is 0 Å². The average molecular weight is 564 g/mol. The Labute approximate surface area is 218 Å². The molecule has 0 aromatic carbocycles. The van der Waals surface area contributed by atoms with Crippen molar-refractivity contribution in [1.29, 1.82) is 0 Å². The number of aromatic nitrogens is 5. The Morgan fingerprint density at radius 1 is 1.13 bits per heavy atom. The molecule has 4 aromatic rings. The number of alkyl halides is 3. The first-order chi connectivity index (χ1) is 18.5. The van der Waals surface area contributed by atoms with Gasteiger partial charge in [0, 0.05) is 49.5 Å². The van der Waals surface area contributed by atoms with E-state index < -0.39 is 21.5 Å². The van der Waals surface area contributed by atoms with Gasteiger partial charge >= 0.3 is 15.6 Å². The number of nitrogens with zero attached hydrogens (tertiary/aromatic N) is 6. The highest BCUT2D eigenvalue weighted by atomic mass is 32.2. The van der Waals surface area contributed by atoms with Crippen LogP contribution in [0.1, 0.15) is 12.8 Å². The second kappa shape index (κ2) is 9.01. The number of nitrogens with one attached hydrogen (secondary N) is 1. The van der Waals surface area contributed by atoms with Crippen molar-refractivity contribution in [1.82, 2.24) is 24.6 Å². The van der Waals surface area contributed by atoms with Crippen molar-refractivity contribution in [3.05, 3.63) is 36.8 Å². The molecular weight excluding hydrogens is 543 g/mol. The summed E-state index contributed by atoms with van der Waals surface area (Å²) in [6, 6.07) is 5.03. The van der Waals surface area contributed by atoms with Gasteiger partial charge in [0.25, 0.3) is 0 Å². The monoisotopic (exact) mass is 563 g/mol. The Balaban J connectivity index is 1.42. The molecule has 1 saturated carbocycles. The number of hydrogen-bond donors (Lipinski definition) is 1. The standard InChI is InChI=1S/C23H20F3N7O5S/c1-37-14-10-32(11-14)13-4-5-19-30-20(31-33(19)9-13)16-7-28-22(38-39(35,36)23(24,25)26)17-8-27-18(6-15(16)17)29-21(34)12-2-3-12/h4-9,12,14H,2-3,10-11H2,1H3,(H,27,29,34). The molecule has 2 fully saturated rings. The van der Waals surface area contributed by atoms with E-state index in [2.05, 4.69) is 34.5 Å². The number of anilines is 2. The highest BCUT2D eigenvalue weighted by molar-refractivity contribution is 7.88. The van der Waals surface area contributed by atoms with Crippen LogP contribution in [0.3, 0.4) is 0 Å². The van der Waals surface area contributed by atoms with Crippen LogP contribution in [0.5, 0.6) is 5.88 Å². The summed E-state index contributed by atoms with van der Waals surface area (Å²) in [6.07, 6.45) is 5.62. The highest BCUT2D eigenvalue weighted by Gasteiger charge is 2.49. The van der Waals surface area contributed by atoms with E-state index in [1.807, 2.05) is 6.07 Å². The molecule has 1 amide bonds. The van der Waals surface area contributed by atoms with Crippen molar-refractivity contribution in [2.75, 3.05) is 30.4 Å². The third kappa shape index (κ3) is 4.69. The molecule has 16 heteroatoms. The fourth-order valence-electron chi connectivity index (χ4n) is 4.12. The van der Waals surface area contributed by atoms with Crippen LogP contribution in [0.4, 0.5) is 24.7 Å². The minimum absolute atomic E-state index is 0.119. The van der Waals surface area contributed by atoms with E-state index in [9.17, 15) is 26.4 Å². The maximum absolute atomic E-state index is 13.0. The van der Waals surface area contributed by atoms with Gasteiger partial charge in [0.05, 0.1) is 23.4 Å². The Morgan fingerprint density at radius 3 is 2.59 bits per heavy atom. The predicted molar refractivity (Wildman–Crippen MR) is 131 cm³/mol. The Kier molecular flexibility index (Phi) is 5.83. The Morgan fingerprint density at radius 2 is 1.90 bits per heavy atom. The quantitative estimate of drug-likeness (QED) is 0.264. The molecule has 0 unspecified atom stereocenters. The molecule has 5 heterocycles. The number of fused-ring (bicyclic) bond motifs is 2. The van der Waals surface area contributed by atoms with E-state index in [4.69, 9.17) is 4.74 Å². The Hall–Kier alpha value is -4.05. The smallest absolute Gasteiger partial charge is 0.378 e. The highest BCUT2D eigenvalue weighted by Crippen LogP contribution is 2.36. The molecule has 6 rings (SSSR count). The van der Waals surface area contributed by atoms with E-state index in [0.29, 0.717) is 5.65 Å². The van der Waals surface area contributed by atoms with Crippen LogP contribution in [0, 0.1) is 5.92 Å². The molecule has 1 saturated heterocycles. The van der Waals surface area contributed by atoms with Gasteiger partial charge in [0.1, 0.15) is 5.82 Å². The predicted octanol–water partition coefficient (Wildman–Crippen LogP) is 2.75. The Bertz CT molecular complexity index is 1720. The zero-order chi connectivity index (χ0) is 27.5. The SMILES string of the molecule is COC1CN(c2ccc3nc(-c4cnc(OS(=O)(=O)C(F)(F)F)c5cnc(NC(=O)C6CC6)cc45)nn3c2)C1. The molecule has 12 nitrogen and oxygen atoms in total. The van der Waals surface area contributed by atoms with Gasteiger partial charge in [-0.2, -0.15) is 21.6 Å². The average Bonchev–Trinajstić information content (AvgIpc) is 3.62. The normalized spacial score (nSPS) is 16.5. The van der Waals surface area contributed by atoms with Crippen molar-refractivity contribution in [2.45, 2.75) is 24.5 Å².